The Labute approximate surface area is 173 Å². The quantitative estimate of drug-likeness (QED) is 0.751. The summed E-state index contributed by atoms with van der Waals surface area (Å²) in [5, 5.41) is 3.11. The van der Waals surface area contributed by atoms with Crippen molar-refractivity contribution in [2.75, 3.05) is 6.54 Å². The minimum atomic E-state index is -0.340. The van der Waals surface area contributed by atoms with Crippen molar-refractivity contribution in [3.8, 4) is 0 Å². The van der Waals surface area contributed by atoms with Crippen LogP contribution in [0.2, 0.25) is 0 Å². The fraction of sp³-hybridized carbons (Fsp3) is 0.440. The van der Waals surface area contributed by atoms with Crippen LogP contribution >= 0.6 is 0 Å². The standard InChI is InChI=1S/C25H30N2O2/c28-24(26-17-9-12-19-10-3-1-4-11-19)23-18-21-15-7-8-16-22(21)27(23)25(29)20-13-5-2-6-14-20/h1-6,10-11,13-14,21-23H,7-9,12,15-18H2,(H,26,28). The van der Waals surface area contributed by atoms with Crippen molar-refractivity contribution < 1.29 is 9.59 Å². The first-order valence-electron chi connectivity index (χ1n) is 10.9. The Bertz CT molecular complexity index is 821. The molecule has 0 spiro atoms. The number of hydrogen-bond acceptors (Lipinski definition) is 2. The van der Waals surface area contributed by atoms with Crippen LogP contribution in [0, 0.1) is 5.92 Å². The minimum absolute atomic E-state index is 0.00411. The van der Waals surface area contributed by atoms with Gasteiger partial charge < -0.3 is 10.2 Å². The molecule has 1 saturated carbocycles. The maximum Gasteiger partial charge on any atom is 0.254 e. The number of nitrogens with one attached hydrogen (secondary N) is 1. The molecular formula is C25H30N2O2. The van der Waals surface area contributed by atoms with E-state index in [1.807, 2.05) is 53.4 Å². The Kier molecular flexibility index (Phi) is 6.28. The number of likely N-dealkylation sites (tertiary alicyclic amines) is 1. The van der Waals surface area contributed by atoms with Gasteiger partial charge in [-0.3, -0.25) is 9.59 Å². The molecule has 152 valence electrons. The lowest BCUT2D eigenvalue weighted by Gasteiger charge is -2.33. The largest absolute Gasteiger partial charge is 0.354 e. The van der Waals surface area contributed by atoms with E-state index >= 15 is 0 Å². The van der Waals surface area contributed by atoms with Gasteiger partial charge in [0.2, 0.25) is 5.91 Å². The van der Waals surface area contributed by atoms with Gasteiger partial charge in [0.25, 0.3) is 5.91 Å². The van der Waals surface area contributed by atoms with E-state index in [2.05, 4.69) is 17.4 Å². The molecule has 2 aromatic rings. The normalized spacial score (nSPS) is 23.4. The Morgan fingerprint density at radius 2 is 1.62 bits per heavy atom. The molecule has 2 amide bonds. The van der Waals surface area contributed by atoms with Crippen LogP contribution in [0.25, 0.3) is 0 Å². The van der Waals surface area contributed by atoms with Crippen LogP contribution in [0.3, 0.4) is 0 Å². The van der Waals surface area contributed by atoms with Crippen molar-refractivity contribution in [1.29, 1.82) is 0 Å². The topological polar surface area (TPSA) is 49.4 Å². The summed E-state index contributed by atoms with van der Waals surface area (Å²) in [5.41, 5.74) is 1.97. The molecule has 2 aromatic carbocycles. The van der Waals surface area contributed by atoms with E-state index in [1.54, 1.807) is 0 Å². The maximum atomic E-state index is 13.3. The second-order valence-electron chi connectivity index (χ2n) is 8.32. The van der Waals surface area contributed by atoms with Crippen molar-refractivity contribution in [1.82, 2.24) is 10.2 Å². The summed E-state index contributed by atoms with van der Waals surface area (Å²) >= 11 is 0. The molecular weight excluding hydrogens is 360 g/mol. The van der Waals surface area contributed by atoms with Crippen LogP contribution in [-0.4, -0.2) is 35.3 Å². The summed E-state index contributed by atoms with van der Waals surface area (Å²) < 4.78 is 0. The average molecular weight is 391 g/mol. The fourth-order valence-corrected chi connectivity index (χ4v) is 4.98. The molecule has 4 heteroatoms. The smallest absolute Gasteiger partial charge is 0.254 e. The Morgan fingerprint density at radius 3 is 2.38 bits per heavy atom. The fourth-order valence-electron chi connectivity index (χ4n) is 4.98. The van der Waals surface area contributed by atoms with E-state index in [9.17, 15) is 9.59 Å². The first-order valence-corrected chi connectivity index (χ1v) is 10.9. The van der Waals surface area contributed by atoms with Crippen LogP contribution in [0.4, 0.5) is 0 Å². The van der Waals surface area contributed by atoms with Crippen molar-refractivity contribution in [3.63, 3.8) is 0 Å². The summed E-state index contributed by atoms with van der Waals surface area (Å²) in [4.78, 5) is 28.2. The van der Waals surface area contributed by atoms with Crippen molar-refractivity contribution in [2.45, 2.75) is 57.0 Å². The highest BCUT2D eigenvalue weighted by Gasteiger charge is 2.47. The molecule has 1 aliphatic carbocycles. The zero-order valence-electron chi connectivity index (χ0n) is 16.9. The van der Waals surface area contributed by atoms with E-state index in [-0.39, 0.29) is 23.9 Å². The predicted molar refractivity (Wildman–Crippen MR) is 115 cm³/mol. The van der Waals surface area contributed by atoms with Gasteiger partial charge in [-0.25, -0.2) is 0 Å². The highest BCUT2D eigenvalue weighted by Crippen LogP contribution is 2.40. The van der Waals surface area contributed by atoms with Crippen LogP contribution in [0.15, 0.2) is 60.7 Å². The van der Waals surface area contributed by atoms with Crippen LogP contribution < -0.4 is 5.32 Å². The molecule has 3 unspecified atom stereocenters. The molecule has 29 heavy (non-hydrogen) atoms. The summed E-state index contributed by atoms with van der Waals surface area (Å²) in [6, 6.07) is 19.6. The van der Waals surface area contributed by atoms with Gasteiger partial charge in [-0.1, -0.05) is 61.4 Å². The summed E-state index contributed by atoms with van der Waals surface area (Å²) in [7, 11) is 0. The second-order valence-corrected chi connectivity index (χ2v) is 8.32. The van der Waals surface area contributed by atoms with Crippen molar-refractivity contribution in [2.24, 2.45) is 5.92 Å². The van der Waals surface area contributed by atoms with E-state index in [4.69, 9.17) is 0 Å². The van der Waals surface area contributed by atoms with Gasteiger partial charge in [0.15, 0.2) is 0 Å². The van der Waals surface area contributed by atoms with Crippen LogP contribution in [0.1, 0.15) is 54.4 Å². The lowest BCUT2D eigenvalue weighted by Crippen LogP contribution is -2.49. The Morgan fingerprint density at radius 1 is 0.931 bits per heavy atom. The van der Waals surface area contributed by atoms with Gasteiger partial charge in [0, 0.05) is 18.2 Å². The van der Waals surface area contributed by atoms with Crippen molar-refractivity contribution in [3.05, 3.63) is 71.8 Å². The first-order chi connectivity index (χ1) is 14.2. The van der Waals surface area contributed by atoms with Crippen LogP contribution in [-0.2, 0) is 11.2 Å². The summed E-state index contributed by atoms with van der Waals surface area (Å²) in [5.74, 6) is 0.470. The molecule has 0 aromatic heterocycles. The number of aryl methyl sites for hydroxylation is 1. The number of hydrogen-bond donors (Lipinski definition) is 1. The second kappa shape index (κ2) is 9.25. The highest BCUT2D eigenvalue weighted by atomic mass is 16.2. The molecule has 1 aliphatic heterocycles. The molecule has 1 N–H and O–H groups in total. The van der Waals surface area contributed by atoms with Gasteiger partial charge >= 0.3 is 0 Å². The molecule has 1 saturated heterocycles. The average Bonchev–Trinajstić information content (AvgIpc) is 3.17. The number of rotatable bonds is 6. The highest BCUT2D eigenvalue weighted by molar-refractivity contribution is 5.98. The number of amides is 2. The number of nitrogens with zero attached hydrogens (tertiary/aromatic N) is 1. The third kappa shape index (κ3) is 4.52. The Balaban J connectivity index is 1.41. The molecule has 2 aliphatic rings. The van der Waals surface area contributed by atoms with E-state index in [0.29, 0.717) is 18.0 Å². The van der Waals surface area contributed by atoms with Gasteiger partial charge in [-0.05, 0) is 55.7 Å². The lowest BCUT2D eigenvalue weighted by atomic mass is 9.84. The van der Waals surface area contributed by atoms with E-state index in [0.717, 1.165) is 38.5 Å². The minimum Gasteiger partial charge on any atom is -0.354 e. The summed E-state index contributed by atoms with van der Waals surface area (Å²) in [6.07, 6.45) is 7.15. The van der Waals surface area contributed by atoms with Gasteiger partial charge in [0.05, 0.1) is 0 Å². The number of carbonyl (C=O) groups is 2. The zero-order chi connectivity index (χ0) is 20.1. The molecule has 2 fully saturated rings. The van der Waals surface area contributed by atoms with E-state index < -0.39 is 0 Å². The number of fused-ring (bicyclic) bond motifs is 1. The lowest BCUT2D eigenvalue weighted by molar-refractivity contribution is -0.125. The van der Waals surface area contributed by atoms with Crippen LogP contribution in [0.5, 0.6) is 0 Å². The monoisotopic (exact) mass is 390 g/mol. The third-order valence-corrected chi connectivity index (χ3v) is 6.43. The van der Waals surface area contributed by atoms with E-state index in [1.165, 1.54) is 12.0 Å². The summed E-state index contributed by atoms with van der Waals surface area (Å²) in [6.45, 7) is 0.646. The first kappa shape index (κ1) is 19.7. The van der Waals surface area contributed by atoms with Gasteiger partial charge in [0.1, 0.15) is 6.04 Å². The van der Waals surface area contributed by atoms with Crippen molar-refractivity contribution >= 4 is 11.8 Å². The molecule has 0 radical (unpaired) electrons. The molecule has 4 rings (SSSR count). The third-order valence-electron chi connectivity index (χ3n) is 6.43. The zero-order valence-corrected chi connectivity index (χ0v) is 16.9. The number of carbonyl (C=O) groups excluding carboxylic acids is 2. The molecule has 0 bridgehead atoms. The van der Waals surface area contributed by atoms with Gasteiger partial charge in [-0.15, -0.1) is 0 Å². The maximum absolute atomic E-state index is 13.3. The molecule has 1 heterocycles. The number of benzene rings is 2. The Hall–Kier alpha value is -2.62. The van der Waals surface area contributed by atoms with Gasteiger partial charge in [-0.2, -0.15) is 0 Å². The predicted octanol–water partition coefficient (Wildman–Crippen LogP) is 4.21. The molecule has 4 nitrogen and oxygen atoms in total. The molecule has 3 atom stereocenters. The SMILES string of the molecule is O=C(NCCCc1ccccc1)C1CC2CCCCC2N1C(=O)c1ccccc1.